The molecule has 0 bridgehead atoms. The summed E-state index contributed by atoms with van der Waals surface area (Å²) >= 11 is 0. The number of phenolic OH excluding ortho intramolecular Hbond substituents is 1. The van der Waals surface area contributed by atoms with Gasteiger partial charge in [-0.15, -0.1) is 0 Å². The predicted octanol–water partition coefficient (Wildman–Crippen LogP) is 2.86. The van der Waals surface area contributed by atoms with Crippen LogP contribution in [0.2, 0.25) is 0 Å². The molecule has 0 amide bonds. The number of carbonyl (C=O) groups is 1. The highest BCUT2D eigenvalue weighted by atomic mass is 16.5. The smallest absolute Gasteiger partial charge is 0.348 e. The Bertz CT molecular complexity index is 594. The van der Waals surface area contributed by atoms with Gasteiger partial charge < -0.3 is 14.9 Å². The molecule has 104 valence electrons. The Morgan fingerprint density at radius 1 is 1.15 bits per heavy atom. The van der Waals surface area contributed by atoms with Gasteiger partial charge >= 0.3 is 5.97 Å². The van der Waals surface area contributed by atoms with Crippen LogP contribution in [-0.4, -0.2) is 21.8 Å². The van der Waals surface area contributed by atoms with Crippen LogP contribution in [0.5, 0.6) is 11.5 Å². The van der Waals surface area contributed by atoms with Crippen LogP contribution in [0.15, 0.2) is 54.6 Å². The molecule has 0 saturated carbocycles. The molecule has 2 N–H and O–H groups in total. The number of para-hydroxylation sites is 1. The number of rotatable bonds is 5. The Morgan fingerprint density at radius 2 is 1.85 bits per heavy atom. The zero-order chi connectivity index (χ0) is 14.6. The zero-order valence-corrected chi connectivity index (χ0v) is 11.1. The van der Waals surface area contributed by atoms with Crippen LogP contribution in [0.3, 0.4) is 0 Å². The second kappa shape index (κ2) is 5.65. The van der Waals surface area contributed by atoms with Crippen molar-refractivity contribution in [2.45, 2.75) is 18.9 Å². The molecule has 0 fully saturated rings. The molecule has 0 heterocycles. The van der Waals surface area contributed by atoms with E-state index in [2.05, 4.69) is 0 Å². The van der Waals surface area contributed by atoms with Crippen molar-refractivity contribution >= 4 is 5.97 Å². The first-order valence-electron chi connectivity index (χ1n) is 6.25. The molecule has 4 heteroatoms. The third-order valence-corrected chi connectivity index (χ3v) is 2.99. The topological polar surface area (TPSA) is 66.8 Å². The van der Waals surface area contributed by atoms with Gasteiger partial charge in [0.25, 0.3) is 0 Å². The van der Waals surface area contributed by atoms with Crippen LogP contribution in [0.4, 0.5) is 0 Å². The lowest BCUT2D eigenvalue weighted by atomic mass is 9.96. The van der Waals surface area contributed by atoms with E-state index >= 15 is 0 Å². The number of benzene rings is 2. The Morgan fingerprint density at radius 3 is 2.45 bits per heavy atom. The maximum Gasteiger partial charge on any atom is 0.348 e. The molecule has 0 aliphatic rings. The second-order valence-electron chi connectivity index (χ2n) is 4.80. The lowest BCUT2D eigenvalue weighted by Crippen LogP contribution is -2.43. The van der Waals surface area contributed by atoms with Gasteiger partial charge in [-0.3, -0.25) is 0 Å². The molecule has 0 aromatic heterocycles. The van der Waals surface area contributed by atoms with Crippen LogP contribution in [-0.2, 0) is 11.2 Å². The van der Waals surface area contributed by atoms with E-state index in [1.54, 1.807) is 42.5 Å². The number of hydrogen-bond donors (Lipinski definition) is 2. The Hall–Kier alpha value is -2.49. The van der Waals surface area contributed by atoms with E-state index in [-0.39, 0.29) is 12.2 Å². The van der Waals surface area contributed by atoms with Crippen LogP contribution in [0.25, 0.3) is 0 Å². The van der Waals surface area contributed by atoms with Gasteiger partial charge in [0.15, 0.2) is 0 Å². The first-order chi connectivity index (χ1) is 9.49. The molecule has 2 aromatic rings. The highest BCUT2D eigenvalue weighted by Gasteiger charge is 2.36. The molecule has 2 rings (SSSR count). The molecule has 1 unspecified atom stereocenters. The number of ether oxygens (including phenoxy) is 1. The molecule has 4 nitrogen and oxygen atoms in total. The van der Waals surface area contributed by atoms with Crippen molar-refractivity contribution in [3.63, 3.8) is 0 Å². The Balaban J connectivity index is 2.23. The molecule has 2 aromatic carbocycles. The van der Waals surface area contributed by atoms with E-state index < -0.39 is 11.6 Å². The van der Waals surface area contributed by atoms with Crippen molar-refractivity contribution in [2.75, 3.05) is 0 Å². The van der Waals surface area contributed by atoms with Crippen molar-refractivity contribution < 1.29 is 19.7 Å². The van der Waals surface area contributed by atoms with Gasteiger partial charge in [0.05, 0.1) is 0 Å². The molecular weight excluding hydrogens is 256 g/mol. The molecule has 1 atom stereocenters. The molecule has 0 saturated heterocycles. The van der Waals surface area contributed by atoms with E-state index in [1.165, 1.54) is 13.0 Å². The number of carboxylic acids is 1. The van der Waals surface area contributed by atoms with Crippen molar-refractivity contribution in [1.29, 1.82) is 0 Å². The van der Waals surface area contributed by atoms with Crippen LogP contribution in [0.1, 0.15) is 12.5 Å². The average molecular weight is 272 g/mol. The fourth-order valence-electron chi connectivity index (χ4n) is 1.96. The minimum absolute atomic E-state index is 0.106. The lowest BCUT2D eigenvalue weighted by molar-refractivity contribution is -0.153. The quantitative estimate of drug-likeness (QED) is 0.878. The third-order valence-electron chi connectivity index (χ3n) is 2.99. The second-order valence-corrected chi connectivity index (χ2v) is 4.80. The highest BCUT2D eigenvalue weighted by molar-refractivity contribution is 5.78. The minimum atomic E-state index is -1.39. The highest BCUT2D eigenvalue weighted by Crippen LogP contribution is 2.24. The summed E-state index contributed by atoms with van der Waals surface area (Å²) in [7, 11) is 0. The standard InChI is InChI=1S/C16H16O4/c1-16(15(18)19,20-14-8-3-2-4-9-14)11-12-6-5-7-13(17)10-12/h2-10,17H,11H2,1H3,(H,18,19). The van der Waals surface area contributed by atoms with E-state index in [0.717, 1.165) is 0 Å². The van der Waals surface area contributed by atoms with Crippen molar-refractivity contribution in [3.8, 4) is 11.5 Å². The van der Waals surface area contributed by atoms with Crippen LogP contribution in [0, 0.1) is 0 Å². The lowest BCUT2D eigenvalue weighted by Gasteiger charge is -2.26. The zero-order valence-electron chi connectivity index (χ0n) is 11.1. The normalized spacial score (nSPS) is 13.4. The molecule has 20 heavy (non-hydrogen) atoms. The maximum absolute atomic E-state index is 11.5. The molecule has 0 aliphatic heterocycles. The number of phenols is 1. The largest absolute Gasteiger partial charge is 0.508 e. The third kappa shape index (κ3) is 3.29. The number of carboxylic acid groups (broad SMARTS) is 1. The number of hydrogen-bond acceptors (Lipinski definition) is 3. The molecule has 0 aliphatic carbocycles. The van der Waals surface area contributed by atoms with E-state index in [1.807, 2.05) is 6.07 Å². The minimum Gasteiger partial charge on any atom is -0.508 e. The summed E-state index contributed by atoms with van der Waals surface area (Å²) < 4.78 is 5.63. The maximum atomic E-state index is 11.5. The first-order valence-corrected chi connectivity index (χ1v) is 6.25. The summed E-state index contributed by atoms with van der Waals surface area (Å²) in [5.74, 6) is -0.447. The van der Waals surface area contributed by atoms with Gasteiger partial charge in [-0.25, -0.2) is 4.79 Å². The van der Waals surface area contributed by atoms with Gasteiger partial charge in [-0.1, -0.05) is 30.3 Å². The molecular formula is C16H16O4. The monoisotopic (exact) mass is 272 g/mol. The number of aromatic hydroxyl groups is 1. The van der Waals surface area contributed by atoms with Gasteiger partial charge in [0.1, 0.15) is 11.5 Å². The first kappa shape index (κ1) is 13.9. The predicted molar refractivity (Wildman–Crippen MR) is 74.9 cm³/mol. The number of aliphatic carboxylic acids is 1. The van der Waals surface area contributed by atoms with Gasteiger partial charge in [0.2, 0.25) is 5.60 Å². The van der Waals surface area contributed by atoms with Crippen LogP contribution < -0.4 is 4.74 Å². The van der Waals surface area contributed by atoms with E-state index in [9.17, 15) is 15.0 Å². The summed E-state index contributed by atoms with van der Waals surface area (Å²) in [5, 5.41) is 18.9. The van der Waals surface area contributed by atoms with Crippen molar-refractivity contribution in [1.82, 2.24) is 0 Å². The average Bonchev–Trinajstić information content (AvgIpc) is 2.39. The summed E-state index contributed by atoms with van der Waals surface area (Å²) in [6.45, 7) is 1.52. The van der Waals surface area contributed by atoms with Gasteiger partial charge in [-0.2, -0.15) is 0 Å². The van der Waals surface area contributed by atoms with Crippen molar-refractivity contribution in [3.05, 3.63) is 60.2 Å². The summed E-state index contributed by atoms with van der Waals surface area (Å²) in [6, 6.07) is 15.3. The van der Waals surface area contributed by atoms with Gasteiger partial charge in [-0.05, 0) is 36.8 Å². The summed E-state index contributed by atoms with van der Waals surface area (Å²) in [6.07, 6.45) is 0.158. The van der Waals surface area contributed by atoms with Crippen LogP contribution >= 0.6 is 0 Å². The van der Waals surface area contributed by atoms with Gasteiger partial charge in [0, 0.05) is 6.42 Å². The Labute approximate surface area is 117 Å². The fourth-order valence-corrected chi connectivity index (χ4v) is 1.96. The van der Waals surface area contributed by atoms with Crippen molar-refractivity contribution in [2.24, 2.45) is 0 Å². The molecule has 0 radical (unpaired) electrons. The fraction of sp³-hybridized carbons (Fsp3) is 0.188. The summed E-state index contributed by atoms with van der Waals surface area (Å²) in [4.78, 5) is 11.5. The summed E-state index contributed by atoms with van der Waals surface area (Å²) in [5.41, 5.74) is -0.694. The Kier molecular flexibility index (Phi) is 3.94. The molecule has 0 spiro atoms. The van der Waals surface area contributed by atoms with E-state index in [4.69, 9.17) is 4.74 Å². The van der Waals surface area contributed by atoms with E-state index in [0.29, 0.717) is 11.3 Å². The SMILES string of the molecule is CC(Cc1cccc(O)c1)(Oc1ccccc1)C(=O)O.